The zero-order valence-electron chi connectivity index (χ0n) is 12.8. The topological polar surface area (TPSA) is 47.2 Å². The van der Waals surface area contributed by atoms with Crippen molar-refractivity contribution in [1.82, 2.24) is 0 Å². The van der Waals surface area contributed by atoms with Crippen molar-refractivity contribution in [1.29, 1.82) is 0 Å². The fourth-order valence-corrected chi connectivity index (χ4v) is 4.14. The van der Waals surface area contributed by atoms with Crippen molar-refractivity contribution in [3.8, 4) is 0 Å². The first-order valence-electron chi connectivity index (χ1n) is 7.69. The molecule has 4 rings (SSSR count). The van der Waals surface area contributed by atoms with Gasteiger partial charge in [-0.2, -0.15) is 4.73 Å². The summed E-state index contributed by atoms with van der Waals surface area (Å²) in [6.45, 7) is -0.0150. The lowest BCUT2D eigenvalue weighted by molar-refractivity contribution is -0.645. The number of aromatic nitrogens is 1. The first-order valence-corrected chi connectivity index (χ1v) is 8.50. The van der Waals surface area contributed by atoms with E-state index in [2.05, 4.69) is 0 Å². The summed E-state index contributed by atoms with van der Waals surface area (Å²) in [6.07, 6.45) is 1.51. The molecule has 0 saturated carbocycles. The molecule has 118 valence electrons. The van der Waals surface area contributed by atoms with Crippen molar-refractivity contribution >= 4 is 33.3 Å². The van der Waals surface area contributed by atoms with Crippen molar-refractivity contribution in [3.63, 3.8) is 0 Å². The average molecular weight is 333 g/mol. The lowest BCUT2D eigenvalue weighted by atomic mass is 9.97. The molecule has 3 nitrogen and oxygen atoms in total. The van der Waals surface area contributed by atoms with Crippen molar-refractivity contribution in [3.05, 3.63) is 83.7 Å². The molecule has 0 spiro atoms. The Labute approximate surface area is 143 Å². The quantitative estimate of drug-likeness (QED) is 0.346. The molecule has 0 saturated heterocycles. The first kappa shape index (κ1) is 15.0. The van der Waals surface area contributed by atoms with Crippen molar-refractivity contribution in [2.24, 2.45) is 0 Å². The molecule has 4 heteroatoms. The highest BCUT2D eigenvalue weighted by Gasteiger charge is 2.16. The van der Waals surface area contributed by atoms with Crippen LogP contribution in [0.5, 0.6) is 0 Å². The summed E-state index contributed by atoms with van der Waals surface area (Å²) < 4.78 is 0.883. The molecule has 0 aliphatic carbocycles. The second kappa shape index (κ2) is 6.15. The van der Waals surface area contributed by atoms with Gasteiger partial charge in [-0.3, -0.25) is 0 Å². The lowest BCUT2D eigenvalue weighted by Crippen LogP contribution is -2.27. The van der Waals surface area contributed by atoms with Gasteiger partial charge in [0, 0.05) is 17.0 Å². The highest BCUT2D eigenvalue weighted by Crippen LogP contribution is 2.40. The Morgan fingerprint density at radius 2 is 1.33 bits per heavy atom. The van der Waals surface area contributed by atoms with Gasteiger partial charge in [0.25, 0.3) is 5.03 Å². The van der Waals surface area contributed by atoms with Gasteiger partial charge in [0.15, 0.2) is 6.20 Å². The van der Waals surface area contributed by atoms with Crippen LogP contribution >= 0.6 is 11.8 Å². The Balaban J connectivity index is 2.07. The van der Waals surface area contributed by atoms with Crippen molar-refractivity contribution in [2.45, 2.75) is 16.5 Å². The van der Waals surface area contributed by atoms with E-state index in [9.17, 15) is 10.3 Å². The molecule has 0 radical (unpaired) electrons. The molecule has 0 aliphatic heterocycles. The lowest BCUT2D eigenvalue weighted by Gasteiger charge is -2.14. The highest BCUT2D eigenvalue weighted by molar-refractivity contribution is 7.99. The Morgan fingerprint density at radius 3 is 1.88 bits per heavy atom. The maximum atomic E-state index is 12.1. The second-order valence-corrected chi connectivity index (χ2v) is 6.55. The van der Waals surface area contributed by atoms with Crippen LogP contribution in [-0.4, -0.2) is 5.11 Å². The molecule has 0 atom stereocenters. The summed E-state index contributed by atoms with van der Waals surface area (Å²) >= 11 is 1.46. The number of benzene rings is 3. The molecule has 0 bridgehead atoms. The number of fused-ring (bicyclic) bond motifs is 2. The van der Waals surface area contributed by atoms with E-state index < -0.39 is 0 Å². The minimum Gasteiger partial charge on any atom is -0.618 e. The molecule has 0 unspecified atom stereocenters. The molecule has 0 fully saturated rings. The van der Waals surface area contributed by atoms with Gasteiger partial charge in [-0.25, -0.2) is 0 Å². The van der Waals surface area contributed by atoms with E-state index in [1.54, 1.807) is 6.07 Å². The molecule has 1 aromatic heterocycles. The van der Waals surface area contributed by atoms with Gasteiger partial charge in [-0.1, -0.05) is 48.5 Å². The Kier molecular flexibility index (Phi) is 3.84. The number of pyridine rings is 1. The summed E-state index contributed by atoms with van der Waals surface area (Å²) in [4.78, 5) is 1.04. The van der Waals surface area contributed by atoms with E-state index in [0.717, 1.165) is 36.7 Å². The maximum Gasteiger partial charge on any atom is 0.256 e. The van der Waals surface area contributed by atoms with Crippen LogP contribution < -0.4 is 4.73 Å². The molecule has 24 heavy (non-hydrogen) atoms. The normalized spacial score (nSPS) is 11.2. The van der Waals surface area contributed by atoms with E-state index in [0.29, 0.717) is 5.03 Å². The van der Waals surface area contributed by atoms with Crippen LogP contribution in [-0.2, 0) is 6.61 Å². The number of aliphatic hydroxyl groups is 1. The zero-order valence-corrected chi connectivity index (χ0v) is 13.7. The Morgan fingerprint density at radius 1 is 0.792 bits per heavy atom. The van der Waals surface area contributed by atoms with Gasteiger partial charge in [-0.15, -0.1) is 0 Å². The van der Waals surface area contributed by atoms with Crippen molar-refractivity contribution in [2.75, 3.05) is 0 Å². The molecule has 1 N–H and O–H groups in total. The van der Waals surface area contributed by atoms with Crippen LogP contribution in [0.25, 0.3) is 21.5 Å². The van der Waals surface area contributed by atoms with E-state index in [1.807, 2.05) is 60.7 Å². The van der Waals surface area contributed by atoms with Crippen LogP contribution in [0.2, 0.25) is 0 Å². The number of rotatable bonds is 3. The monoisotopic (exact) mass is 333 g/mol. The van der Waals surface area contributed by atoms with Gasteiger partial charge in [-0.05, 0) is 44.9 Å². The van der Waals surface area contributed by atoms with Crippen molar-refractivity contribution < 1.29 is 9.84 Å². The maximum absolute atomic E-state index is 12.1. The molecule has 3 aromatic carbocycles. The third-order valence-electron chi connectivity index (χ3n) is 4.15. The summed E-state index contributed by atoms with van der Waals surface area (Å²) in [5, 5.41) is 26.7. The van der Waals surface area contributed by atoms with Gasteiger partial charge in [0.05, 0.1) is 6.61 Å². The predicted molar refractivity (Wildman–Crippen MR) is 96.9 cm³/mol. The molecular weight excluding hydrogens is 318 g/mol. The third kappa shape index (κ3) is 2.40. The molecule has 0 aliphatic rings. The van der Waals surface area contributed by atoms with E-state index >= 15 is 0 Å². The minimum atomic E-state index is -0.0150. The largest absolute Gasteiger partial charge is 0.618 e. The van der Waals surface area contributed by atoms with E-state index in [4.69, 9.17) is 0 Å². The minimum absolute atomic E-state index is 0.0150. The second-order valence-electron chi connectivity index (χ2n) is 5.52. The summed E-state index contributed by atoms with van der Waals surface area (Å²) in [5.74, 6) is 0. The smallest absolute Gasteiger partial charge is 0.256 e. The Hall–Kier alpha value is -2.56. The van der Waals surface area contributed by atoms with E-state index in [1.165, 1.54) is 18.0 Å². The summed E-state index contributed by atoms with van der Waals surface area (Å²) in [6, 6.07) is 21.5. The zero-order chi connectivity index (χ0) is 16.5. The standard InChI is InChI=1S/C20H15NO2S/c22-13-18-14-7-1-3-9-16(14)20(17-10-4-2-8-15(17)18)24-19-11-5-6-12-21(19)23/h1-12,22H,13H2. The number of nitrogens with zero attached hydrogens (tertiary/aromatic N) is 1. The number of hydrogen-bond donors (Lipinski definition) is 1. The SMILES string of the molecule is [O-][n+]1ccccc1Sc1c2ccccc2c(CO)c2ccccc12. The van der Waals surface area contributed by atoms with Crippen LogP contribution in [0.4, 0.5) is 0 Å². The van der Waals surface area contributed by atoms with Gasteiger partial charge < -0.3 is 10.3 Å². The molecular formula is C20H15NO2S. The first-order chi connectivity index (χ1) is 11.8. The van der Waals surface area contributed by atoms with Crippen LogP contribution in [0.3, 0.4) is 0 Å². The number of aliphatic hydroxyl groups excluding tert-OH is 1. The van der Waals surface area contributed by atoms with Crippen LogP contribution in [0.15, 0.2) is 82.8 Å². The molecule has 1 heterocycles. The molecule has 0 amide bonds. The predicted octanol–water partition coefficient (Wildman–Crippen LogP) is 4.27. The van der Waals surface area contributed by atoms with Crippen LogP contribution in [0, 0.1) is 5.21 Å². The van der Waals surface area contributed by atoms with Gasteiger partial charge in [0.2, 0.25) is 0 Å². The third-order valence-corrected chi connectivity index (χ3v) is 5.32. The highest BCUT2D eigenvalue weighted by atomic mass is 32.2. The van der Waals surface area contributed by atoms with Crippen LogP contribution in [0.1, 0.15) is 5.56 Å². The Bertz CT molecular complexity index is 989. The van der Waals surface area contributed by atoms with Gasteiger partial charge in [0.1, 0.15) is 0 Å². The fraction of sp³-hybridized carbons (Fsp3) is 0.0500. The number of hydrogen-bond acceptors (Lipinski definition) is 3. The summed E-state index contributed by atoms with van der Waals surface area (Å²) in [7, 11) is 0. The van der Waals surface area contributed by atoms with Gasteiger partial charge >= 0.3 is 0 Å². The molecule has 4 aromatic rings. The van der Waals surface area contributed by atoms with E-state index in [-0.39, 0.29) is 6.61 Å². The average Bonchev–Trinajstić information content (AvgIpc) is 2.63. The summed E-state index contributed by atoms with van der Waals surface area (Å²) in [5.41, 5.74) is 0.925. The fourth-order valence-electron chi connectivity index (χ4n) is 3.06.